The van der Waals surface area contributed by atoms with Gasteiger partial charge in [-0.25, -0.2) is 9.97 Å². The fraction of sp³-hybridized carbons (Fsp3) is 0.158. The van der Waals surface area contributed by atoms with Gasteiger partial charge in [-0.2, -0.15) is 5.10 Å². The first-order valence-electron chi connectivity index (χ1n) is 8.18. The van der Waals surface area contributed by atoms with Crippen LogP contribution in [0.2, 0.25) is 0 Å². The predicted octanol–water partition coefficient (Wildman–Crippen LogP) is 3.05. The standard InChI is InChI=1S/C19H18N6/c1-25-13-18(14-5-3-2-4-6-14)23-19(25)8-7-15-11-20-12-17(22-15)16-9-10-21-24-16/h2-6,9-13H,7-8H2,1H3,(H,21,24). The van der Waals surface area contributed by atoms with Crippen LogP contribution in [0.4, 0.5) is 0 Å². The monoisotopic (exact) mass is 330 g/mol. The number of aryl methyl sites for hydroxylation is 3. The molecule has 3 heterocycles. The molecule has 0 saturated heterocycles. The summed E-state index contributed by atoms with van der Waals surface area (Å²) < 4.78 is 2.08. The summed E-state index contributed by atoms with van der Waals surface area (Å²) in [5.41, 5.74) is 4.75. The van der Waals surface area contributed by atoms with Gasteiger partial charge in [0.2, 0.25) is 0 Å². The van der Waals surface area contributed by atoms with Crippen molar-refractivity contribution in [3.63, 3.8) is 0 Å². The quantitative estimate of drug-likeness (QED) is 0.610. The fourth-order valence-electron chi connectivity index (χ4n) is 2.78. The highest BCUT2D eigenvalue weighted by Crippen LogP contribution is 2.19. The molecule has 3 aromatic heterocycles. The van der Waals surface area contributed by atoms with E-state index in [1.165, 1.54) is 0 Å². The van der Waals surface area contributed by atoms with E-state index in [2.05, 4.69) is 43.1 Å². The number of hydrogen-bond acceptors (Lipinski definition) is 4. The van der Waals surface area contributed by atoms with Crippen molar-refractivity contribution >= 4 is 0 Å². The van der Waals surface area contributed by atoms with Crippen molar-refractivity contribution in [3.8, 4) is 22.6 Å². The van der Waals surface area contributed by atoms with E-state index in [1.807, 2.05) is 31.3 Å². The maximum Gasteiger partial charge on any atom is 0.109 e. The molecular formula is C19H18N6. The summed E-state index contributed by atoms with van der Waals surface area (Å²) in [6, 6.07) is 12.1. The fourth-order valence-corrected chi connectivity index (χ4v) is 2.78. The van der Waals surface area contributed by atoms with Gasteiger partial charge < -0.3 is 4.57 Å². The average Bonchev–Trinajstić information content (AvgIpc) is 3.31. The molecular weight excluding hydrogens is 312 g/mol. The molecule has 0 radical (unpaired) electrons. The summed E-state index contributed by atoms with van der Waals surface area (Å²) in [5, 5.41) is 6.87. The Labute approximate surface area is 145 Å². The van der Waals surface area contributed by atoms with Crippen molar-refractivity contribution in [2.24, 2.45) is 7.05 Å². The minimum atomic E-state index is 0.786. The summed E-state index contributed by atoms with van der Waals surface area (Å²) in [4.78, 5) is 13.7. The number of aromatic amines is 1. The third-order valence-corrected chi connectivity index (χ3v) is 4.11. The number of hydrogen-bond donors (Lipinski definition) is 1. The first kappa shape index (κ1) is 15.3. The van der Waals surface area contributed by atoms with Crippen LogP contribution in [0.25, 0.3) is 22.6 Å². The smallest absolute Gasteiger partial charge is 0.109 e. The van der Waals surface area contributed by atoms with E-state index >= 15 is 0 Å². The van der Waals surface area contributed by atoms with E-state index in [4.69, 9.17) is 4.98 Å². The third kappa shape index (κ3) is 3.33. The molecule has 1 aromatic carbocycles. The Morgan fingerprint density at radius 2 is 1.84 bits per heavy atom. The van der Waals surface area contributed by atoms with Crippen LogP contribution in [-0.4, -0.2) is 29.7 Å². The lowest BCUT2D eigenvalue weighted by Crippen LogP contribution is -2.02. The van der Waals surface area contributed by atoms with Gasteiger partial charge in [-0.3, -0.25) is 10.1 Å². The van der Waals surface area contributed by atoms with Gasteiger partial charge in [-0.05, 0) is 12.5 Å². The van der Waals surface area contributed by atoms with E-state index in [0.717, 1.165) is 47.0 Å². The SMILES string of the molecule is Cn1cc(-c2ccccc2)nc1CCc1cncc(-c2ccn[nH]2)n1. The predicted molar refractivity (Wildman–Crippen MR) is 95.7 cm³/mol. The molecule has 4 rings (SSSR count). The zero-order valence-corrected chi connectivity index (χ0v) is 13.9. The second-order valence-corrected chi connectivity index (χ2v) is 5.89. The highest BCUT2D eigenvalue weighted by Gasteiger charge is 2.09. The van der Waals surface area contributed by atoms with Crippen molar-refractivity contribution in [1.29, 1.82) is 0 Å². The molecule has 0 spiro atoms. The largest absolute Gasteiger partial charge is 0.337 e. The van der Waals surface area contributed by atoms with Gasteiger partial charge in [0.15, 0.2) is 0 Å². The number of nitrogens with one attached hydrogen (secondary N) is 1. The number of imidazole rings is 1. The number of aromatic nitrogens is 6. The van der Waals surface area contributed by atoms with E-state index in [0.29, 0.717) is 0 Å². The Bertz CT molecular complexity index is 957. The van der Waals surface area contributed by atoms with Crippen LogP contribution in [0, 0.1) is 0 Å². The highest BCUT2D eigenvalue weighted by atomic mass is 15.1. The molecule has 6 nitrogen and oxygen atoms in total. The van der Waals surface area contributed by atoms with Crippen molar-refractivity contribution < 1.29 is 0 Å². The van der Waals surface area contributed by atoms with Crippen molar-refractivity contribution in [1.82, 2.24) is 29.7 Å². The number of nitrogens with zero attached hydrogens (tertiary/aromatic N) is 5. The number of rotatable bonds is 5. The Kier molecular flexibility index (Phi) is 4.08. The molecule has 0 amide bonds. The molecule has 4 aromatic rings. The van der Waals surface area contributed by atoms with Gasteiger partial charge in [-0.1, -0.05) is 30.3 Å². The molecule has 0 atom stereocenters. The summed E-state index contributed by atoms with van der Waals surface area (Å²) >= 11 is 0. The molecule has 0 fully saturated rings. The summed E-state index contributed by atoms with van der Waals surface area (Å²) in [6.07, 6.45) is 8.92. The van der Waals surface area contributed by atoms with Gasteiger partial charge in [0.1, 0.15) is 11.5 Å². The van der Waals surface area contributed by atoms with Crippen molar-refractivity contribution in [3.05, 3.63) is 72.7 Å². The first-order chi connectivity index (χ1) is 12.3. The summed E-state index contributed by atoms with van der Waals surface area (Å²) in [6.45, 7) is 0. The number of H-pyrrole nitrogens is 1. The normalized spacial score (nSPS) is 10.9. The Balaban J connectivity index is 1.51. The lowest BCUT2D eigenvalue weighted by atomic mass is 10.2. The maximum absolute atomic E-state index is 4.77. The molecule has 0 unspecified atom stereocenters. The van der Waals surface area contributed by atoms with E-state index in [-0.39, 0.29) is 0 Å². The zero-order valence-electron chi connectivity index (χ0n) is 13.9. The van der Waals surface area contributed by atoms with Crippen LogP contribution >= 0.6 is 0 Å². The van der Waals surface area contributed by atoms with E-state index in [1.54, 1.807) is 18.6 Å². The molecule has 0 saturated carbocycles. The van der Waals surface area contributed by atoms with Gasteiger partial charge in [-0.15, -0.1) is 0 Å². The molecule has 1 N–H and O–H groups in total. The van der Waals surface area contributed by atoms with Gasteiger partial charge in [0, 0.05) is 37.6 Å². The third-order valence-electron chi connectivity index (χ3n) is 4.11. The van der Waals surface area contributed by atoms with Crippen molar-refractivity contribution in [2.45, 2.75) is 12.8 Å². The Morgan fingerprint density at radius 1 is 0.960 bits per heavy atom. The molecule has 124 valence electrons. The van der Waals surface area contributed by atoms with E-state index < -0.39 is 0 Å². The van der Waals surface area contributed by atoms with Gasteiger partial charge in [0.05, 0.1) is 23.3 Å². The zero-order chi connectivity index (χ0) is 17.1. The van der Waals surface area contributed by atoms with Crippen LogP contribution in [0.15, 0.2) is 61.2 Å². The molecule has 0 aliphatic heterocycles. The minimum Gasteiger partial charge on any atom is -0.337 e. The first-order valence-corrected chi connectivity index (χ1v) is 8.18. The Morgan fingerprint density at radius 3 is 2.64 bits per heavy atom. The molecule has 0 aliphatic rings. The molecule has 25 heavy (non-hydrogen) atoms. The van der Waals surface area contributed by atoms with Gasteiger partial charge in [0.25, 0.3) is 0 Å². The second-order valence-electron chi connectivity index (χ2n) is 5.89. The molecule has 6 heteroatoms. The van der Waals surface area contributed by atoms with E-state index in [9.17, 15) is 0 Å². The van der Waals surface area contributed by atoms with Crippen LogP contribution < -0.4 is 0 Å². The Hall–Kier alpha value is -3.28. The van der Waals surface area contributed by atoms with Crippen LogP contribution in [-0.2, 0) is 19.9 Å². The molecule has 0 bridgehead atoms. The second kappa shape index (κ2) is 6.68. The summed E-state index contributed by atoms with van der Waals surface area (Å²) in [5.74, 6) is 1.03. The lowest BCUT2D eigenvalue weighted by Gasteiger charge is -2.03. The maximum atomic E-state index is 4.77. The van der Waals surface area contributed by atoms with Crippen molar-refractivity contribution in [2.75, 3.05) is 0 Å². The highest BCUT2D eigenvalue weighted by molar-refractivity contribution is 5.58. The van der Waals surface area contributed by atoms with Crippen LogP contribution in [0.5, 0.6) is 0 Å². The molecule has 0 aliphatic carbocycles. The van der Waals surface area contributed by atoms with Crippen LogP contribution in [0.3, 0.4) is 0 Å². The lowest BCUT2D eigenvalue weighted by molar-refractivity contribution is 0.760. The topological polar surface area (TPSA) is 72.3 Å². The van der Waals surface area contributed by atoms with Gasteiger partial charge >= 0.3 is 0 Å². The average molecular weight is 330 g/mol. The summed E-state index contributed by atoms with van der Waals surface area (Å²) in [7, 11) is 2.03. The number of benzene rings is 1. The van der Waals surface area contributed by atoms with Crippen LogP contribution in [0.1, 0.15) is 11.5 Å². The minimum absolute atomic E-state index is 0.786.